The van der Waals surface area contributed by atoms with Crippen LogP contribution < -0.4 is 10.6 Å². The molecule has 0 bridgehead atoms. The van der Waals surface area contributed by atoms with E-state index in [1.54, 1.807) is 28.9 Å². The summed E-state index contributed by atoms with van der Waals surface area (Å²) in [5.74, 6) is 2.14. The fourth-order valence-corrected chi connectivity index (χ4v) is 3.88. The van der Waals surface area contributed by atoms with E-state index in [9.17, 15) is 0 Å². The Kier molecular flexibility index (Phi) is 6.85. The van der Waals surface area contributed by atoms with Crippen molar-refractivity contribution in [3.63, 3.8) is 0 Å². The number of nitrogens with zero attached hydrogens (tertiary/aromatic N) is 2. The molecule has 0 aromatic carbocycles. The van der Waals surface area contributed by atoms with Crippen LogP contribution in [0.15, 0.2) is 51.5 Å². The molecule has 1 unspecified atom stereocenters. The van der Waals surface area contributed by atoms with Crippen LogP contribution in [0.4, 0.5) is 0 Å². The molecular formula is C19H24N4OS2. The van der Waals surface area contributed by atoms with Crippen molar-refractivity contribution in [3.8, 4) is 0 Å². The molecule has 2 N–H and O–H groups in total. The first kappa shape index (κ1) is 18.7. The van der Waals surface area contributed by atoms with Crippen molar-refractivity contribution in [2.45, 2.75) is 32.7 Å². The Labute approximate surface area is 162 Å². The molecule has 0 aliphatic carbocycles. The molecular weight excluding hydrogens is 364 g/mol. The minimum atomic E-state index is 0.340. The summed E-state index contributed by atoms with van der Waals surface area (Å²) >= 11 is 3.48. The van der Waals surface area contributed by atoms with Crippen LogP contribution in [-0.4, -0.2) is 24.0 Å². The second-order valence-corrected chi connectivity index (χ2v) is 8.39. The number of furan rings is 1. The molecule has 3 rings (SSSR count). The van der Waals surface area contributed by atoms with Crippen LogP contribution in [0.5, 0.6) is 0 Å². The van der Waals surface area contributed by atoms with Gasteiger partial charge in [0.2, 0.25) is 0 Å². The lowest BCUT2D eigenvalue weighted by atomic mass is 10.2. The zero-order chi connectivity index (χ0) is 18.2. The molecule has 0 aliphatic heterocycles. The van der Waals surface area contributed by atoms with Gasteiger partial charge in [0.1, 0.15) is 5.76 Å². The summed E-state index contributed by atoms with van der Waals surface area (Å²) in [6.45, 7) is 6.52. The number of hydrogen-bond acceptors (Lipinski definition) is 5. The number of guanidine groups is 1. The molecule has 0 saturated heterocycles. The molecule has 138 valence electrons. The normalized spacial score (nSPS) is 12.9. The standard InChI is InChI=1S/C19H24N4OS2/c1-14(18-21-12-15(2)26-18)11-22-19(23-13-17-6-4-10-25-17)20-8-7-16-5-3-9-24-16/h3-6,9-10,12,14H,7-8,11,13H2,1-2H3,(H2,20,22,23). The van der Waals surface area contributed by atoms with E-state index in [1.165, 1.54) is 9.75 Å². The SMILES string of the molecule is Cc1cnc(C(C)CNC(=NCc2cccs2)NCCc2ccco2)s1. The quantitative estimate of drug-likeness (QED) is 0.449. The largest absolute Gasteiger partial charge is 0.469 e. The van der Waals surface area contributed by atoms with Gasteiger partial charge in [-0.25, -0.2) is 9.98 Å². The first-order valence-electron chi connectivity index (χ1n) is 8.70. The van der Waals surface area contributed by atoms with Gasteiger partial charge in [0.15, 0.2) is 5.96 Å². The highest BCUT2D eigenvalue weighted by atomic mass is 32.1. The summed E-state index contributed by atoms with van der Waals surface area (Å²) in [5, 5.41) is 10.1. The van der Waals surface area contributed by atoms with Crippen LogP contribution in [0.1, 0.15) is 33.4 Å². The van der Waals surface area contributed by atoms with Gasteiger partial charge in [-0.2, -0.15) is 0 Å². The minimum absolute atomic E-state index is 0.340. The maximum Gasteiger partial charge on any atom is 0.191 e. The van der Waals surface area contributed by atoms with Crippen molar-refractivity contribution >= 4 is 28.6 Å². The molecule has 0 amide bonds. The molecule has 0 spiro atoms. The van der Waals surface area contributed by atoms with Crippen molar-refractivity contribution in [3.05, 3.63) is 62.6 Å². The maximum absolute atomic E-state index is 5.39. The topological polar surface area (TPSA) is 62.5 Å². The van der Waals surface area contributed by atoms with Gasteiger partial charge in [0.05, 0.1) is 17.8 Å². The average molecular weight is 389 g/mol. The molecule has 1 atom stereocenters. The molecule has 0 fully saturated rings. The Bertz CT molecular complexity index is 794. The van der Waals surface area contributed by atoms with Crippen LogP contribution in [0.2, 0.25) is 0 Å². The molecule has 0 aliphatic rings. The number of thiophene rings is 1. The summed E-state index contributed by atoms with van der Waals surface area (Å²) in [4.78, 5) is 11.7. The van der Waals surface area contributed by atoms with E-state index in [0.717, 1.165) is 36.2 Å². The van der Waals surface area contributed by atoms with E-state index in [-0.39, 0.29) is 0 Å². The van der Waals surface area contributed by atoms with Gasteiger partial charge in [0.25, 0.3) is 0 Å². The summed E-state index contributed by atoms with van der Waals surface area (Å²) in [6, 6.07) is 8.07. The van der Waals surface area contributed by atoms with Gasteiger partial charge >= 0.3 is 0 Å². The van der Waals surface area contributed by atoms with Gasteiger partial charge in [-0.3, -0.25) is 0 Å². The van der Waals surface area contributed by atoms with Crippen molar-refractivity contribution in [2.24, 2.45) is 4.99 Å². The number of aryl methyl sites for hydroxylation is 1. The third-order valence-electron chi connectivity index (χ3n) is 3.85. The van der Waals surface area contributed by atoms with Gasteiger partial charge in [-0.15, -0.1) is 22.7 Å². The lowest BCUT2D eigenvalue weighted by Gasteiger charge is -2.15. The average Bonchev–Trinajstić information content (AvgIpc) is 3.39. The third kappa shape index (κ3) is 5.71. The van der Waals surface area contributed by atoms with Crippen LogP contribution in [-0.2, 0) is 13.0 Å². The van der Waals surface area contributed by atoms with Gasteiger partial charge in [-0.1, -0.05) is 13.0 Å². The van der Waals surface area contributed by atoms with E-state index in [2.05, 4.69) is 47.0 Å². The molecule has 0 saturated carbocycles. The number of rotatable bonds is 8. The smallest absolute Gasteiger partial charge is 0.191 e. The zero-order valence-electron chi connectivity index (χ0n) is 15.1. The molecule has 5 nitrogen and oxygen atoms in total. The van der Waals surface area contributed by atoms with E-state index >= 15 is 0 Å². The molecule has 0 radical (unpaired) electrons. The number of thiazole rings is 1. The second kappa shape index (κ2) is 9.54. The number of aromatic nitrogens is 1. The highest BCUT2D eigenvalue weighted by Crippen LogP contribution is 2.20. The van der Waals surface area contributed by atoms with E-state index < -0.39 is 0 Å². The number of hydrogen-bond donors (Lipinski definition) is 2. The predicted octanol–water partition coefficient (Wildman–Crippen LogP) is 4.19. The Morgan fingerprint density at radius 3 is 2.92 bits per heavy atom. The highest BCUT2D eigenvalue weighted by molar-refractivity contribution is 7.11. The number of aliphatic imine (C=N–C) groups is 1. The van der Waals surface area contributed by atoms with Crippen LogP contribution in [0.3, 0.4) is 0 Å². The van der Waals surface area contributed by atoms with Gasteiger partial charge in [0, 0.05) is 41.4 Å². The van der Waals surface area contributed by atoms with Crippen LogP contribution in [0, 0.1) is 6.92 Å². The van der Waals surface area contributed by atoms with Crippen molar-refractivity contribution in [1.82, 2.24) is 15.6 Å². The molecule has 3 heterocycles. The first-order valence-corrected chi connectivity index (χ1v) is 10.4. The van der Waals surface area contributed by atoms with Gasteiger partial charge < -0.3 is 15.1 Å². The molecule has 7 heteroatoms. The van der Waals surface area contributed by atoms with Crippen LogP contribution in [0.25, 0.3) is 0 Å². The Morgan fingerprint density at radius 2 is 2.23 bits per heavy atom. The van der Waals surface area contributed by atoms with Crippen molar-refractivity contribution < 1.29 is 4.42 Å². The van der Waals surface area contributed by atoms with Crippen LogP contribution >= 0.6 is 22.7 Å². The van der Waals surface area contributed by atoms with E-state index in [4.69, 9.17) is 9.41 Å². The Morgan fingerprint density at radius 1 is 1.31 bits per heavy atom. The maximum atomic E-state index is 5.39. The van der Waals surface area contributed by atoms with Crippen molar-refractivity contribution in [1.29, 1.82) is 0 Å². The summed E-state index contributed by atoms with van der Waals surface area (Å²) < 4.78 is 5.39. The van der Waals surface area contributed by atoms with E-state index in [0.29, 0.717) is 12.5 Å². The zero-order valence-corrected chi connectivity index (χ0v) is 16.7. The Hall–Kier alpha value is -2.12. The number of nitrogens with one attached hydrogen (secondary N) is 2. The highest BCUT2D eigenvalue weighted by Gasteiger charge is 2.10. The minimum Gasteiger partial charge on any atom is -0.469 e. The summed E-state index contributed by atoms with van der Waals surface area (Å²) in [6.07, 6.45) is 4.47. The molecule has 26 heavy (non-hydrogen) atoms. The fraction of sp³-hybridized carbons (Fsp3) is 0.368. The summed E-state index contributed by atoms with van der Waals surface area (Å²) in [5.41, 5.74) is 0. The predicted molar refractivity (Wildman–Crippen MR) is 109 cm³/mol. The van der Waals surface area contributed by atoms with Crippen molar-refractivity contribution in [2.75, 3.05) is 13.1 Å². The van der Waals surface area contributed by atoms with Gasteiger partial charge in [-0.05, 0) is 30.5 Å². The molecule has 3 aromatic heterocycles. The Balaban J connectivity index is 1.55. The summed E-state index contributed by atoms with van der Waals surface area (Å²) in [7, 11) is 0. The first-order chi connectivity index (χ1) is 12.7. The second-order valence-electron chi connectivity index (χ2n) is 6.09. The third-order valence-corrected chi connectivity index (χ3v) is 5.86. The lowest BCUT2D eigenvalue weighted by molar-refractivity contribution is 0.506. The lowest BCUT2D eigenvalue weighted by Crippen LogP contribution is -2.40. The molecule has 3 aromatic rings. The fourth-order valence-electron chi connectivity index (χ4n) is 2.43. The monoisotopic (exact) mass is 388 g/mol. The van der Waals surface area contributed by atoms with E-state index in [1.807, 2.05) is 18.3 Å².